The Bertz CT molecular complexity index is 155. The number of rotatable bonds is 2. The number of hydrogen-bond donors (Lipinski definition) is 1. The van der Waals surface area contributed by atoms with Crippen LogP contribution in [0.15, 0.2) is 0 Å². The molecule has 2 unspecified atom stereocenters. The van der Waals surface area contributed by atoms with Crippen molar-refractivity contribution in [3.8, 4) is 0 Å². The third-order valence-corrected chi connectivity index (χ3v) is 3.37. The zero-order valence-electron chi connectivity index (χ0n) is 8.92. The van der Waals surface area contributed by atoms with Gasteiger partial charge in [0.25, 0.3) is 0 Å². The van der Waals surface area contributed by atoms with Crippen molar-refractivity contribution in [1.29, 1.82) is 0 Å². The second-order valence-corrected chi connectivity index (χ2v) is 4.98. The van der Waals surface area contributed by atoms with E-state index < -0.39 is 0 Å². The van der Waals surface area contributed by atoms with Crippen LogP contribution < -0.4 is 5.32 Å². The molecule has 2 fully saturated rings. The lowest BCUT2D eigenvalue weighted by Crippen LogP contribution is -2.55. The fraction of sp³-hybridized carbons (Fsp3) is 1.00. The highest BCUT2D eigenvalue weighted by Gasteiger charge is 2.25. The molecule has 13 heavy (non-hydrogen) atoms. The van der Waals surface area contributed by atoms with Gasteiger partial charge in [-0.3, -0.25) is 4.90 Å². The molecule has 0 aromatic carbocycles. The van der Waals surface area contributed by atoms with Gasteiger partial charge in [-0.1, -0.05) is 6.42 Å². The van der Waals surface area contributed by atoms with Crippen LogP contribution in [-0.4, -0.2) is 36.6 Å². The number of nitrogens with one attached hydrogen (secondary N) is 1. The van der Waals surface area contributed by atoms with Gasteiger partial charge < -0.3 is 5.32 Å². The molecule has 0 aromatic heterocycles. The van der Waals surface area contributed by atoms with Crippen molar-refractivity contribution in [1.82, 2.24) is 10.2 Å². The van der Waals surface area contributed by atoms with Crippen molar-refractivity contribution in [2.75, 3.05) is 19.6 Å². The molecule has 2 nitrogen and oxygen atoms in total. The van der Waals surface area contributed by atoms with Gasteiger partial charge in [-0.25, -0.2) is 0 Å². The summed E-state index contributed by atoms with van der Waals surface area (Å²) in [6.07, 6.45) is 4.43. The first-order valence-corrected chi connectivity index (χ1v) is 5.72. The molecule has 1 N–H and O–H groups in total. The van der Waals surface area contributed by atoms with Crippen molar-refractivity contribution in [3.05, 3.63) is 0 Å². The summed E-state index contributed by atoms with van der Waals surface area (Å²) in [5.41, 5.74) is 0. The van der Waals surface area contributed by atoms with Crippen LogP contribution in [0.25, 0.3) is 0 Å². The van der Waals surface area contributed by atoms with E-state index in [9.17, 15) is 0 Å². The van der Waals surface area contributed by atoms with Crippen molar-refractivity contribution in [2.24, 2.45) is 5.92 Å². The van der Waals surface area contributed by atoms with Gasteiger partial charge in [0.1, 0.15) is 0 Å². The Hall–Kier alpha value is -0.0800. The highest BCUT2D eigenvalue weighted by Crippen LogP contribution is 2.27. The molecule has 1 aliphatic heterocycles. The number of piperazine rings is 1. The predicted molar refractivity (Wildman–Crippen MR) is 55.8 cm³/mol. The molecule has 0 bridgehead atoms. The van der Waals surface area contributed by atoms with Gasteiger partial charge in [0.15, 0.2) is 0 Å². The van der Waals surface area contributed by atoms with Crippen LogP contribution in [-0.2, 0) is 0 Å². The van der Waals surface area contributed by atoms with Gasteiger partial charge in [0.2, 0.25) is 0 Å². The SMILES string of the molecule is CC1CN(CC2CCC2)CC(C)N1. The minimum atomic E-state index is 0.684. The van der Waals surface area contributed by atoms with E-state index in [2.05, 4.69) is 24.1 Å². The summed E-state index contributed by atoms with van der Waals surface area (Å²) >= 11 is 0. The normalized spacial score (nSPS) is 37.4. The van der Waals surface area contributed by atoms with Crippen LogP contribution in [0.5, 0.6) is 0 Å². The van der Waals surface area contributed by atoms with E-state index in [1.807, 2.05) is 0 Å². The third kappa shape index (κ3) is 2.44. The fourth-order valence-corrected chi connectivity index (χ4v) is 2.63. The summed E-state index contributed by atoms with van der Waals surface area (Å²) in [5, 5.41) is 3.58. The molecule has 1 saturated heterocycles. The van der Waals surface area contributed by atoms with Crippen LogP contribution in [0.4, 0.5) is 0 Å². The van der Waals surface area contributed by atoms with Crippen molar-refractivity contribution in [3.63, 3.8) is 0 Å². The van der Waals surface area contributed by atoms with Crippen LogP contribution >= 0.6 is 0 Å². The zero-order valence-corrected chi connectivity index (χ0v) is 8.92. The van der Waals surface area contributed by atoms with E-state index in [1.54, 1.807) is 0 Å². The third-order valence-electron chi connectivity index (χ3n) is 3.37. The average molecular weight is 182 g/mol. The molecule has 1 heterocycles. The Morgan fingerprint density at radius 1 is 1.15 bits per heavy atom. The summed E-state index contributed by atoms with van der Waals surface area (Å²) in [7, 11) is 0. The van der Waals surface area contributed by atoms with Gasteiger partial charge in [0.05, 0.1) is 0 Å². The summed E-state index contributed by atoms with van der Waals surface area (Å²) in [4.78, 5) is 2.65. The highest BCUT2D eigenvalue weighted by molar-refractivity contribution is 4.83. The van der Waals surface area contributed by atoms with Gasteiger partial charge in [-0.05, 0) is 32.6 Å². The van der Waals surface area contributed by atoms with Crippen molar-refractivity contribution in [2.45, 2.75) is 45.2 Å². The Kier molecular flexibility index (Phi) is 2.89. The van der Waals surface area contributed by atoms with E-state index in [1.165, 1.54) is 38.9 Å². The van der Waals surface area contributed by atoms with Gasteiger partial charge in [0, 0.05) is 31.7 Å². The second kappa shape index (κ2) is 3.97. The quantitative estimate of drug-likeness (QED) is 0.695. The molecule has 0 aromatic rings. The topological polar surface area (TPSA) is 15.3 Å². The first-order chi connectivity index (χ1) is 6.24. The molecular formula is C11H22N2. The molecule has 0 radical (unpaired) electrons. The van der Waals surface area contributed by atoms with Crippen LogP contribution in [0.2, 0.25) is 0 Å². The van der Waals surface area contributed by atoms with Gasteiger partial charge in [-0.15, -0.1) is 0 Å². The lowest BCUT2D eigenvalue weighted by Gasteiger charge is -2.39. The zero-order chi connectivity index (χ0) is 9.26. The first-order valence-electron chi connectivity index (χ1n) is 5.72. The lowest BCUT2D eigenvalue weighted by molar-refractivity contribution is 0.124. The van der Waals surface area contributed by atoms with Crippen LogP contribution in [0.1, 0.15) is 33.1 Å². The lowest BCUT2D eigenvalue weighted by atomic mass is 9.85. The average Bonchev–Trinajstić information content (AvgIpc) is 1.95. The maximum Gasteiger partial charge on any atom is 0.0169 e. The predicted octanol–water partition coefficient (Wildman–Crippen LogP) is 1.47. The Balaban J connectivity index is 1.77. The summed E-state index contributed by atoms with van der Waals surface area (Å²) in [6.45, 7) is 8.45. The van der Waals surface area contributed by atoms with Crippen molar-refractivity contribution >= 4 is 0 Å². The second-order valence-electron chi connectivity index (χ2n) is 4.98. The number of hydrogen-bond acceptors (Lipinski definition) is 2. The molecule has 1 aliphatic carbocycles. The monoisotopic (exact) mass is 182 g/mol. The molecular weight excluding hydrogens is 160 g/mol. The smallest absolute Gasteiger partial charge is 0.0169 e. The molecule has 0 spiro atoms. The fourth-order valence-electron chi connectivity index (χ4n) is 2.63. The maximum absolute atomic E-state index is 3.58. The van der Waals surface area contributed by atoms with E-state index in [0.717, 1.165) is 5.92 Å². The minimum Gasteiger partial charge on any atom is -0.309 e. The molecule has 2 atom stereocenters. The summed E-state index contributed by atoms with van der Waals surface area (Å²) < 4.78 is 0. The highest BCUT2D eigenvalue weighted by atomic mass is 15.2. The minimum absolute atomic E-state index is 0.684. The molecule has 2 aliphatic rings. The standard InChI is InChI=1S/C11H22N2/c1-9-6-13(7-10(2)12-9)8-11-4-3-5-11/h9-12H,3-8H2,1-2H3. The number of nitrogens with zero attached hydrogens (tertiary/aromatic N) is 1. The molecule has 1 saturated carbocycles. The molecule has 2 heteroatoms. The van der Waals surface area contributed by atoms with Gasteiger partial charge >= 0.3 is 0 Å². The van der Waals surface area contributed by atoms with E-state index in [-0.39, 0.29) is 0 Å². The summed E-state index contributed by atoms with van der Waals surface area (Å²) in [6, 6.07) is 1.37. The van der Waals surface area contributed by atoms with E-state index in [0.29, 0.717) is 12.1 Å². The Morgan fingerprint density at radius 2 is 1.77 bits per heavy atom. The molecule has 0 amide bonds. The first kappa shape index (κ1) is 9.47. The Morgan fingerprint density at radius 3 is 2.23 bits per heavy atom. The van der Waals surface area contributed by atoms with Crippen molar-refractivity contribution < 1.29 is 0 Å². The largest absolute Gasteiger partial charge is 0.309 e. The summed E-state index contributed by atoms with van der Waals surface area (Å²) in [5.74, 6) is 1.03. The van der Waals surface area contributed by atoms with E-state index in [4.69, 9.17) is 0 Å². The molecule has 76 valence electrons. The van der Waals surface area contributed by atoms with Gasteiger partial charge in [-0.2, -0.15) is 0 Å². The molecule has 2 rings (SSSR count). The maximum atomic E-state index is 3.58. The van der Waals surface area contributed by atoms with E-state index >= 15 is 0 Å². The Labute approximate surface area is 81.7 Å². The van der Waals surface area contributed by atoms with Crippen LogP contribution in [0.3, 0.4) is 0 Å². The van der Waals surface area contributed by atoms with Crippen LogP contribution in [0, 0.1) is 5.92 Å².